The van der Waals surface area contributed by atoms with Crippen LogP contribution in [0.1, 0.15) is 46.8 Å². The zero-order valence-electron chi connectivity index (χ0n) is 14.2. The second-order valence-electron chi connectivity index (χ2n) is 7.41. The summed E-state index contributed by atoms with van der Waals surface area (Å²) in [4.78, 5) is 12.5. The van der Waals surface area contributed by atoms with E-state index in [1.807, 2.05) is 25.1 Å². The van der Waals surface area contributed by atoms with Crippen molar-refractivity contribution in [3.05, 3.63) is 70.3 Å². The summed E-state index contributed by atoms with van der Waals surface area (Å²) in [5.41, 5.74) is 3.31. The van der Waals surface area contributed by atoms with Gasteiger partial charge >= 0.3 is 0 Å². The SMILES string of the molecule is CC1CC1(CNC(=O)c1ccc2c(c1)CCC2)c1ccc(F)cc1F. The first kappa shape index (κ1) is 16.2. The zero-order valence-corrected chi connectivity index (χ0v) is 14.2. The van der Waals surface area contributed by atoms with E-state index in [1.54, 1.807) is 0 Å². The Morgan fingerprint density at radius 2 is 1.92 bits per heavy atom. The summed E-state index contributed by atoms with van der Waals surface area (Å²) in [6.07, 6.45) is 4.05. The molecule has 0 heterocycles. The maximum Gasteiger partial charge on any atom is 0.251 e. The summed E-state index contributed by atoms with van der Waals surface area (Å²) in [7, 11) is 0. The van der Waals surface area contributed by atoms with Gasteiger partial charge in [0.1, 0.15) is 11.6 Å². The Morgan fingerprint density at radius 3 is 2.64 bits per heavy atom. The van der Waals surface area contributed by atoms with Crippen LogP contribution in [0.15, 0.2) is 36.4 Å². The van der Waals surface area contributed by atoms with E-state index in [4.69, 9.17) is 0 Å². The first-order chi connectivity index (χ1) is 12.0. The molecule has 1 amide bonds. The summed E-state index contributed by atoms with van der Waals surface area (Å²) in [5, 5.41) is 2.96. The van der Waals surface area contributed by atoms with Gasteiger partial charge < -0.3 is 5.32 Å². The molecular formula is C21H21F2NO. The van der Waals surface area contributed by atoms with Gasteiger partial charge in [-0.25, -0.2) is 8.78 Å². The Hall–Kier alpha value is -2.23. The number of carbonyl (C=O) groups is 1. The van der Waals surface area contributed by atoms with Crippen LogP contribution in [-0.2, 0) is 18.3 Å². The Bertz CT molecular complexity index is 848. The number of hydrogen-bond donors (Lipinski definition) is 1. The van der Waals surface area contributed by atoms with Crippen LogP contribution < -0.4 is 5.32 Å². The lowest BCUT2D eigenvalue weighted by atomic mass is 9.92. The lowest BCUT2D eigenvalue weighted by Gasteiger charge is -2.19. The van der Waals surface area contributed by atoms with Crippen molar-refractivity contribution in [2.75, 3.05) is 6.54 Å². The fourth-order valence-corrected chi connectivity index (χ4v) is 4.15. The fourth-order valence-electron chi connectivity index (χ4n) is 4.15. The molecule has 2 aromatic carbocycles. The molecule has 2 unspecified atom stereocenters. The third kappa shape index (κ3) is 2.84. The number of nitrogens with one attached hydrogen (secondary N) is 1. The van der Waals surface area contributed by atoms with Gasteiger partial charge in [0.15, 0.2) is 0 Å². The van der Waals surface area contributed by atoms with Gasteiger partial charge in [0.05, 0.1) is 0 Å². The molecule has 130 valence electrons. The Balaban J connectivity index is 1.50. The Labute approximate surface area is 146 Å². The van der Waals surface area contributed by atoms with Crippen LogP contribution in [0.5, 0.6) is 0 Å². The van der Waals surface area contributed by atoms with Crippen molar-refractivity contribution in [3.8, 4) is 0 Å². The molecule has 25 heavy (non-hydrogen) atoms. The van der Waals surface area contributed by atoms with E-state index in [0.717, 1.165) is 31.7 Å². The molecule has 0 saturated heterocycles. The number of carbonyl (C=O) groups excluding carboxylic acids is 1. The molecule has 2 aliphatic carbocycles. The summed E-state index contributed by atoms with van der Waals surface area (Å²) in [6, 6.07) is 9.58. The van der Waals surface area contributed by atoms with Crippen LogP contribution in [-0.4, -0.2) is 12.5 Å². The molecule has 1 saturated carbocycles. The molecule has 4 rings (SSSR count). The second-order valence-corrected chi connectivity index (χ2v) is 7.41. The predicted octanol–water partition coefficient (Wildman–Crippen LogP) is 4.16. The first-order valence-electron chi connectivity index (χ1n) is 8.85. The molecular weight excluding hydrogens is 320 g/mol. The van der Waals surface area contributed by atoms with Gasteiger partial charge in [0, 0.05) is 23.6 Å². The second kappa shape index (κ2) is 5.94. The minimum absolute atomic E-state index is 0.129. The number of hydrogen-bond acceptors (Lipinski definition) is 1. The Morgan fingerprint density at radius 1 is 1.16 bits per heavy atom. The van der Waals surface area contributed by atoms with E-state index in [1.165, 1.54) is 23.3 Å². The highest BCUT2D eigenvalue weighted by Gasteiger charge is 2.53. The maximum absolute atomic E-state index is 14.2. The van der Waals surface area contributed by atoms with Gasteiger partial charge in [-0.1, -0.05) is 19.1 Å². The molecule has 0 spiro atoms. The lowest BCUT2D eigenvalue weighted by Crippen LogP contribution is -2.33. The largest absolute Gasteiger partial charge is 0.351 e. The number of fused-ring (bicyclic) bond motifs is 1. The van der Waals surface area contributed by atoms with Gasteiger partial charge in [0.2, 0.25) is 0 Å². The van der Waals surface area contributed by atoms with Crippen molar-refractivity contribution < 1.29 is 13.6 Å². The van der Waals surface area contributed by atoms with Crippen molar-refractivity contribution >= 4 is 5.91 Å². The van der Waals surface area contributed by atoms with Crippen molar-refractivity contribution in [1.29, 1.82) is 0 Å². The molecule has 2 aliphatic rings. The molecule has 4 heteroatoms. The van der Waals surface area contributed by atoms with Gasteiger partial charge in [0.25, 0.3) is 5.91 Å². The van der Waals surface area contributed by atoms with E-state index >= 15 is 0 Å². The number of aryl methyl sites for hydroxylation is 2. The summed E-state index contributed by atoms with van der Waals surface area (Å²) >= 11 is 0. The quantitative estimate of drug-likeness (QED) is 0.889. The van der Waals surface area contributed by atoms with Crippen LogP contribution in [0.2, 0.25) is 0 Å². The van der Waals surface area contributed by atoms with Crippen LogP contribution in [0.4, 0.5) is 8.78 Å². The van der Waals surface area contributed by atoms with Gasteiger partial charge in [-0.2, -0.15) is 0 Å². The van der Waals surface area contributed by atoms with Crippen LogP contribution >= 0.6 is 0 Å². The Kier molecular flexibility index (Phi) is 3.86. The summed E-state index contributed by atoms with van der Waals surface area (Å²) < 4.78 is 27.4. The van der Waals surface area contributed by atoms with Crippen LogP contribution in [0, 0.1) is 17.6 Å². The smallest absolute Gasteiger partial charge is 0.251 e. The van der Waals surface area contributed by atoms with Crippen molar-refractivity contribution in [1.82, 2.24) is 5.32 Å². The van der Waals surface area contributed by atoms with E-state index in [0.29, 0.717) is 17.7 Å². The normalized spacial score (nSPS) is 24.0. The molecule has 0 bridgehead atoms. The van der Waals surface area contributed by atoms with Crippen LogP contribution in [0.3, 0.4) is 0 Å². The average molecular weight is 341 g/mol. The molecule has 2 nitrogen and oxygen atoms in total. The predicted molar refractivity (Wildman–Crippen MR) is 92.6 cm³/mol. The number of rotatable bonds is 4. The number of benzene rings is 2. The molecule has 1 fully saturated rings. The van der Waals surface area contributed by atoms with Crippen molar-refractivity contribution in [3.63, 3.8) is 0 Å². The lowest BCUT2D eigenvalue weighted by molar-refractivity contribution is 0.0948. The topological polar surface area (TPSA) is 29.1 Å². The maximum atomic E-state index is 14.2. The minimum atomic E-state index is -0.577. The number of halogens is 2. The molecule has 0 aliphatic heterocycles. The monoisotopic (exact) mass is 341 g/mol. The standard InChI is InChI=1S/C21H21F2NO/c1-13-11-21(13,18-8-7-17(22)10-19(18)23)12-24-20(25)16-6-5-14-3-2-4-15(14)9-16/h5-10,13H,2-4,11-12H2,1H3,(H,24,25). The van der Waals surface area contributed by atoms with Gasteiger partial charge in [-0.3, -0.25) is 4.79 Å². The first-order valence-corrected chi connectivity index (χ1v) is 8.85. The van der Waals surface area contributed by atoms with E-state index in [2.05, 4.69) is 5.32 Å². The van der Waals surface area contributed by atoms with Crippen LogP contribution in [0.25, 0.3) is 0 Å². The van der Waals surface area contributed by atoms with E-state index in [9.17, 15) is 13.6 Å². The molecule has 0 aromatic heterocycles. The summed E-state index contributed by atoms with van der Waals surface area (Å²) in [6.45, 7) is 2.40. The van der Waals surface area contributed by atoms with Crippen molar-refractivity contribution in [2.45, 2.75) is 38.0 Å². The average Bonchev–Trinajstić information content (AvgIpc) is 3.03. The van der Waals surface area contributed by atoms with Crippen molar-refractivity contribution in [2.24, 2.45) is 5.92 Å². The molecule has 0 radical (unpaired) electrons. The molecule has 2 aromatic rings. The zero-order chi connectivity index (χ0) is 17.6. The minimum Gasteiger partial charge on any atom is -0.351 e. The van der Waals surface area contributed by atoms with E-state index in [-0.39, 0.29) is 11.8 Å². The summed E-state index contributed by atoms with van der Waals surface area (Å²) in [5.74, 6) is -0.980. The highest BCUT2D eigenvalue weighted by Crippen LogP contribution is 2.54. The molecule has 1 N–H and O–H groups in total. The fraction of sp³-hybridized carbons (Fsp3) is 0.381. The number of amides is 1. The molecule has 2 atom stereocenters. The highest BCUT2D eigenvalue weighted by atomic mass is 19.1. The van der Waals surface area contributed by atoms with E-state index < -0.39 is 17.0 Å². The third-order valence-electron chi connectivity index (χ3n) is 5.85. The highest BCUT2D eigenvalue weighted by molar-refractivity contribution is 5.94. The van der Waals surface area contributed by atoms with Gasteiger partial charge in [-0.05, 0) is 66.5 Å². The third-order valence-corrected chi connectivity index (χ3v) is 5.85. The van der Waals surface area contributed by atoms with Gasteiger partial charge in [-0.15, -0.1) is 0 Å².